The van der Waals surface area contributed by atoms with Gasteiger partial charge in [0.05, 0.1) is 13.2 Å². The van der Waals surface area contributed by atoms with Crippen molar-refractivity contribution < 1.29 is 34.3 Å². The second kappa shape index (κ2) is 69.3. The van der Waals surface area contributed by atoms with Crippen molar-refractivity contribution in [3.05, 3.63) is 24.3 Å². The number of rotatable bonds is 64. The van der Waals surface area contributed by atoms with Crippen molar-refractivity contribution in [1.82, 2.24) is 0 Å². The molecule has 79 heavy (non-hydrogen) atoms. The van der Waals surface area contributed by atoms with Gasteiger partial charge >= 0.3 is 37.7 Å². The van der Waals surface area contributed by atoms with Crippen molar-refractivity contribution in [2.75, 3.05) is 13.2 Å². The van der Waals surface area contributed by atoms with Gasteiger partial charge in [-0.2, -0.15) is 0 Å². The molecule has 0 aromatic heterocycles. The van der Waals surface area contributed by atoms with Gasteiger partial charge in [-0.15, -0.1) is 0 Å². The molecule has 8 nitrogen and oxygen atoms in total. The maximum Gasteiger partial charge on any atom is 2.00 e. The fourth-order valence-electron chi connectivity index (χ4n) is 10.8. The number of unbranched alkanes of at least 4 members (excludes halogenated alkanes) is 50. The second-order valence-electron chi connectivity index (χ2n) is 23.9. The van der Waals surface area contributed by atoms with Crippen molar-refractivity contribution in [2.24, 2.45) is 11.8 Å². The van der Waals surface area contributed by atoms with E-state index in [0.29, 0.717) is 0 Å². The van der Waals surface area contributed by atoms with E-state index in [4.69, 9.17) is 0 Å². The molecule has 0 aromatic rings. The molecule has 0 heterocycles. The maximum absolute atomic E-state index is 10.9. The molecule has 0 N–H and O–H groups in total. The monoisotopic (exact) mass is 1180 g/mol. The van der Waals surface area contributed by atoms with Crippen LogP contribution in [-0.2, 0) is 29.2 Å². The third-order valence-corrected chi connectivity index (χ3v) is 16.8. The summed E-state index contributed by atoms with van der Waals surface area (Å²) in [7, 11) is -9.24. The van der Waals surface area contributed by atoms with Gasteiger partial charge in [-0.05, 0) is 38.5 Å². The third-order valence-electron chi connectivity index (χ3n) is 16.0. The Bertz CT molecular complexity index is 1320. The summed E-state index contributed by atoms with van der Waals surface area (Å²) in [6, 6.07) is 0. The molecule has 0 saturated carbocycles. The molecule has 0 aliphatic carbocycles. The molecule has 0 bridgehead atoms. The normalized spacial score (nSPS) is 12.8. The van der Waals surface area contributed by atoms with Crippen molar-refractivity contribution in [3.8, 4) is 0 Å². The predicted molar refractivity (Wildman–Crippen MR) is 344 cm³/mol. The zero-order chi connectivity index (χ0) is 57.4. The average Bonchev–Trinajstić information content (AvgIpc) is 3.41. The van der Waals surface area contributed by atoms with E-state index in [0.717, 1.165) is 38.5 Å². The minimum atomic E-state index is -4.62. The average molecular weight is 1180 g/mol. The molecule has 2 atom stereocenters. The summed E-state index contributed by atoms with van der Waals surface area (Å²) in [4.78, 5) is 0. The van der Waals surface area contributed by atoms with Crippen LogP contribution in [0.1, 0.15) is 387 Å². The van der Waals surface area contributed by atoms with E-state index in [-0.39, 0.29) is 62.8 Å². The van der Waals surface area contributed by atoms with Gasteiger partial charge in [-0.25, -0.2) is 16.8 Å². The minimum Gasteiger partial charge on any atom is -0.726 e. The quantitative estimate of drug-likeness (QED) is 0.0193. The largest absolute Gasteiger partial charge is 2.00 e. The van der Waals surface area contributed by atoms with E-state index in [1.165, 1.54) is 321 Å². The van der Waals surface area contributed by atoms with Crippen molar-refractivity contribution in [3.63, 3.8) is 0 Å². The first kappa shape index (κ1) is 83.7. The molecule has 0 aliphatic heterocycles. The Morgan fingerprint density at radius 2 is 0.443 bits per heavy atom. The van der Waals surface area contributed by atoms with Crippen LogP contribution in [0.15, 0.2) is 24.3 Å². The molecule has 0 fully saturated rings. The first-order chi connectivity index (χ1) is 38.0. The van der Waals surface area contributed by atoms with E-state index in [2.05, 4.69) is 60.4 Å². The minimum absolute atomic E-state index is 0. The first-order valence-corrected chi connectivity index (χ1v) is 37.2. The van der Waals surface area contributed by atoms with Crippen LogP contribution in [0.5, 0.6) is 0 Å². The predicted octanol–water partition coefficient (Wildman–Crippen LogP) is 22.8. The molecule has 0 saturated heterocycles. The molecule has 0 radical (unpaired) electrons. The summed E-state index contributed by atoms with van der Waals surface area (Å²) >= 11 is 0. The summed E-state index contributed by atoms with van der Waals surface area (Å²) < 4.78 is 74.7. The van der Waals surface area contributed by atoms with E-state index < -0.39 is 20.8 Å². The number of hydrogen-bond acceptors (Lipinski definition) is 8. The summed E-state index contributed by atoms with van der Waals surface area (Å²) in [5, 5.41) is 0. The van der Waals surface area contributed by atoms with Gasteiger partial charge in [0.25, 0.3) is 0 Å². The molecule has 0 rings (SSSR count). The molecule has 0 aliphatic rings. The summed E-state index contributed by atoms with van der Waals surface area (Å²) in [6.07, 6.45) is 82.0. The van der Waals surface area contributed by atoms with Gasteiger partial charge in [-0.1, -0.05) is 373 Å². The van der Waals surface area contributed by atoms with Gasteiger partial charge in [0.1, 0.15) is 0 Å². The van der Waals surface area contributed by atoms with E-state index in [1.807, 2.05) is 0 Å². The van der Waals surface area contributed by atoms with Gasteiger partial charge in [-0.3, -0.25) is 8.37 Å². The van der Waals surface area contributed by atoms with Crippen LogP contribution >= 0.6 is 0 Å². The molecular weight excluding hydrogens is 1050 g/mol. The molecule has 2 unspecified atom stereocenters. The Labute approximate surface area is 525 Å². The fraction of sp³-hybridized carbons (Fsp3) is 0.941. The van der Waals surface area contributed by atoms with Gasteiger partial charge in [0.2, 0.25) is 20.8 Å². The number of allylic oxidation sites excluding steroid dienone is 2. The Kier molecular flexibility index (Phi) is 73.4. The van der Waals surface area contributed by atoms with Crippen LogP contribution in [0, 0.1) is 11.8 Å². The summed E-state index contributed by atoms with van der Waals surface area (Å²) in [5.41, 5.74) is 0. The Hall–Kier alpha value is 0.480. The zero-order valence-electron chi connectivity index (χ0n) is 53.3. The zero-order valence-corrected chi connectivity index (χ0v) is 57.1. The SMILES string of the molecule is CCCCCCCCCCCCCCCCCC/C=C/C(CCCCCCCCCCCC)COS(=O)(=O)[O-].CCCCCCCCCCCCCCCCCC/C=C/C(CCCCCCCCCCCC)COS(=O)(=O)[O-].[Ca+2]. The fourth-order valence-corrected chi connectivity index (χ4v) is 11.5. The topological polar surface area (TPSA) is 133 Å². The Morgan fingerprint density at radius 3 is 0.620 bits per heavy atom. The van der Waals surface area contributed by atoms with Crippen molar-refractivity contribution in [2.45, 2.75) is 387 Å². The first-order valence-electron chi connectivity index (χ1n) is 34.5. The smallest absolute Gasteiger partial charge is 0.726 e. The van der Waals surface area contributed by atoms with Gasteiger partial charge < -0.3 is 9.11 Å². The van der Waals surface area contributed by atoms with E-state index in [1.54, 1.807) is 0 Å². The van der Waals surface area contributed by atoms with Crippen LogP contribution in [0.4, 0.5) is 0 Å². The third kappa shape index (κ3) is 78.5. The van der Waals surface area contributed by atoms with Crippen molar-refractivity contribution >= 4 is 58.5 Å². The van der Waals surface area contributed by atoms with Crippen LogP contribution < -0.4 is 0 Å². The van der Waals surface area contributed by atoms with Crippen LogP contribution in [0.25, 0.3) is 0 Å². The van der Waals surface area contributed by atoms with E-state index in [9.17, 15) is 25.9 Å². The molecule has 0 amide bonds. The molecule has 0 spiro atoms. The van der Waals surface area contributed by atoms with E-state index >= 15 is 0 Å². The van der Waals surface area contributed by atoms with Crippen LogP contribution in [-0.4, -0.2) is 76.9 Å². The van der Waals surface area contributed by atoms with Crippen molar-refractivity contribution in [1.29, 1.82) is 0 Å². The van der Waals surface area contributed by atoms with Gasteiger partial charge in [0.15, 0.2) is 0 Å². The summed E-state index contributed by atoms with van der Waals surface area (Å²) in [6.45, 7) is 9.03. The van der Waals surface area contributed by atoms with Crippen LogP contribution in [0.2, 0.25) is 0 Å². The maximum atomic E-state index is 10.9. The standard InChI is InChI=1S/2C34H68O4S.Ca/c2*1-3-5-7-9-11-13-15-16-17-18-19-20-21-22-24-26-28-30-32-34(33-38-39(35,36)37)31-29-27-25-23-14-12-10-8-6-4-2;/h2*30,32,34H,3-29,31,33H2,1-2H3,(H,35,36,37);/q;;+2/p-2/b2*32-30+;. The molecule has 0 aromatic carbocycles. The van der Waals surface area contributed by atoms with Crippen LogP contribution in [0.3, 0.4) is 0 Å². The van der Waals surface area contributed by atoms with Gasteiger partial charge in [0, 0.05) is 11.8 Å². The molecule has 11 heteroatoms. The second-order valence-corrected chi connectivity index (χ2v) is 26.0. The molecule has 468 valence electrons. The number of hydrogen-bond donors (Lipinski definition) is 0. The molecular formula is C68H134CaO8S2. The Morgan fingerprint density at radius 1 is 0.278 bits per heavy atom. The summed E-state index contributed by atoms with van der Waals surface area (Å²) in [5.74, 6) is 0.0349. The Balaban J connectivity index is -0.00000144.